The number of rotatable bonds is 31. The van der Waals surface area contributed by atoms with E-state index < -0.39 is 83.3 Å². The predicted molar refractivity (Wildman–Crippen MR) is 542 cm³/mol. The predicted octanol–water partition coefficient (Wildman–Crippen LogP) is 23.0. The molecule has 0 radical (unpaired) electrons. The van der Waals surface area contributed by atoms with Gasteiger partial charge in [-0.2, -0.15) is 10.5 Å². The fourth-order valence-electron chi connectivity index (χ4n) is 16.5. The first kappa shape index (κ1) is 102. The molecule has 4 amide bonds. The molecule has 2 aliphatic rings. The van der Waals surface area contributed by atoms with E-state index in [-0.39, 0.29) is 101 Å². The van der Waals surface area contributed by atoms with Gasteiger partial charge in [0, 0.05) is 50.8 Å². The van der Waals surface area contributed by atoms with Gasteiger partial charge >= 0.3 is 12.2 Å². The Kier molecular flexibility index (Phi) is 31.0. The maximum absolute atomic E-state index is 14.6. The normalized spacial score (nSPS) is 14.0. The summed E-state index contributed by atoms with van der Waals surface area (Å²) < 4.78 is 113. The number of fused-ring (bicyclic) bond motifs is 3. The van der Waals surface area contributed by atoms with E-state index >= 15 is 0 Å². The lowest BCUT2D eigenvalue weighted by Gasteiger charge is -2.31. The summed E-state index contributed by atoms with van der Waals surface area (Å²) in [5, 5.41) is 26.6. The molecule has 2 atom stereocenters. The Hall–Kier alpha value is -13.7. The maximum Gasteiger partial charge on any atom is 0.415 e. The number of hydrogen-bond donors (Lipinski definition) is 5. The quantitative estimate of drug-likeness (QED) is 0.0153. The maximum atomic E-state index is 14.6. The molecule has 2 aliphatic carbocycles. The summed E-state index contributed by atoms with van der Waals surface area (Å²) in [4.78, 5) is 98.2. The number of ketones is 2. The zero-order chi connectivity index (χ0) is 99.8. The molecular formula is C105H109Cl2N11O17S3. The Labute approximate surface area is 813 Å². The molecule has 14 rings (SSSR count). The number of allylic oxidation sites excluding steroid dienone is 2. The number of Topliss-reactive ketones (excluding diaryl/α,β-unsaturated/α-hetero) is 2. The van der Waals surface area contributed by atoms with Crippen LogP contribution in [0.2, 0.25) is 10.0 Å². The molecule has 138 heavy (non-hydrogen) atoms. The topological polar surface area (TPSA) is 399 Å². The molecule has 2 aromatic heterocycles. The van der Waals surface area contributed by atoms with Crippen LogP contribution in [0.5, 0.6) is 5.75 Å². The molecule has 0 saturated heterocycles. The highest BCUT2D eigenvalue weighted by molar-refractivity contribution is 7.93. The Morgan fingerprint density at radius 3 is 1.62 bits per heavy atom. The summed E-state index contributed by atoms with van der Waals surface area (Å²) >= 11 is 13.2. The number of nitrogens with one attached hydrogen (secondary N) is 5. The SMILES string of the molecule is CCC(C)(C)c1cc(C(C)(C)CC)c2oc(/C(C#N)=C/c3ccc(N(C(=O)OC(C(=O)Nc4cc(NS(=O)(=O)c5ccc(NS(C)(=O)=O)c6ccccc56)ccc4Cl)C(=O)C(C)(C)C)C4CCCC4)cc3C)nc2c1.COc1ccc(C(=O)C(OC(=O)N(c2ccc(/C=C(\C#N)c3nc4cc(C)ccc4o3)c(C)c2)C2CCCC2)C(=O)Nc2cc(Cc3ccccc3NS(C)(=O)=O)ccc2Cl)cc1. The van der Waals surface area contributed by atoms with Gasteiger partial charge in [0.05, 0.1) is 63.0 Å². The van der Waals surface area contributed by atoms with E-state index in [0.29, 0.717) is 104 Å². The van der Waals surface area contributed by atoms with Crippen LogP contribution in [0.4, 0.5) is 49.4 Å². The second kappa shape index (κ2) is 42.1. The zero-order valence-corrected chi connectivity index (χ0v) is 83.2. The van der Waals surface area contributed by atoms with E-state index in [1.165, 1.54) is 59.4 Å². The van der Waals surface area contributed by atoms with Gasteiger partial charge in [0.2, 0.25) is 49.8 Å². The largest absolute Gasteiger partial charge is 0.497 e. The number of sulfonamides is 3. The number of para-hydroxylation sites is 1. The minimum Gasteiger partial charge on any atom is -0.497 e. The lowest BCUT2D eigenvalue weighted by Crippen LogP contribution is -2.48. The fourth-order valence-corrected chi connectivity index (χ4v) is 19.3. The molecule has 2 unspecified atom stereocenters. The van der Waals surface area contributed by atoms with Crippen LogP contribution in [0, 0.1) is 48.8 Å². The first-order valence-electron chi connectivity index (χ1n) is 45.0. The van der Waals surface area contributed by atoms with Gasteiger partial charge in [-0.25, -0.2) is 44.8 Å². The van der Waals surface area contributed by atoms with E-state index in [4.69, 9.17) is 51.2 Å². The van der Waals surface area contributed by atoms with Crippen LogP contribution in [0.1, 0.15) is 199 Å². The molecule has 10 aromatic carbocycles. The second-order valence-corrected chi connectivity index (χ2v) is 42.9. The number of hydrogen-bond acceptors (Lipinski definition) is 21. The minimum absolute atomic E-state index is 0.00978. The van der Waals surface area contributed by atoms with Crippen molar-refractivity contribution in [2.45, 2.75) is 194 Å². The van der Waals surface area contributed by atoms with Crippen LogP contribution >= 0.6 is 23.2 Å². The van der Waals surface area contributed by atoms with Crippen LogP contribution in [-0.2, 0) is 71.2 Å². The number of amides is 4. The fraction of sp³-hybridized carbons (Fsp3) is 0.314. The zero-order valence-electron chi connectivity index (χ0n) is 79.2. The third-order valence-electron chi connectivity index (χ3n) is 24.9. The Morgan fingerprint density at radius 1 is 0.543 bits per heavy atom. The van der Waals surface area contributed by atoms with Gasteiger partial charge in [-0.1, -0.05) is 184 Å². The number of nitriles is 2. The van der Waals surface area contributed by atoms with Gasteiger partial charge in [0.25, 0.3) is 21.8 Å². The summed E-state index contributed by atoms with van der Waals surface area (Å²) in [7, 11) is -10.1. The van der Waals surface area contributed by atoms with Gasteiger partial charge in [0.1, 0.15) is 40.1 Å². The van der Waals surface area contributed by atoms with Crippen molar-refractivity contribution in [3.8, 4) is 17.9 Å². The van der Waals surface area contributed by atoms with Crippen molar-refractivity contribution >= 4 is 185 Å². The third-order valence-corrected chi connectivity index (χ3v) is 28.2. The van der Waals surface area contributed by atoms with Gasteiger partial charge in [-0.3, -0.25) is 43.1 Å². The molecule has 5 N–H and O–H groups in total. The van der Waals surface area contributed by atoms with Gasteiger partial charge in [0.15, 0.2) is 16.9 Å². The molecule has 2 fully saturated rings. The number of nitrogens with zero attached hydrogens (tertiary/aromatic N) is 6. The average molecular weight is 1960 g/mol. The number of benzene rings is 10. The van der Waals surface area contributed by atoms with Crippen molar-refractivity contribution in [1.29, 1.82) is 10.5 Å². The summed E-state index contributed by atoms with van der Waals surface area (Å²) in [5.41, 5.74) is 10.4. The van der Waals surface area contributed by atoms with Crippen molar-refractivity contribution in [2.75, 3.05) is 54.2 Å². The van der Waals surface area contributed by atoms with E-state index in [1.54, 1.807) is 148 Å². The van der Waals surface area contributed by atoms with Crippen LogP contribution in [0.25, 0.3) is 56.3 Å². The number of aryl methyl sites for hydroxylation is 3. The average Bonchev–Trinajstić information content (AvgIpc) is 1.68. The lowest BCUT2D eigenvalue weighted by molar-refractivity contribution is -0.142. The smallest absolute Gasteiger partial charge is 0.415 e. The first-order valence-corrected chi connectivity index (χ1v) is 51.1. The Bertz CT molecular complexity index is 7280. The van der Waals surface area contributed by atoms with E-state index in [0.717, 1.165) is 73.3 Å². The van der Waals surface area contributed by atoms with Crippen LogP contribution < -0.4 is 39.3 Å². The standard InChI is InChI=1S/C57H65ClN6O9S2.C48H44ClN5O8S/c1-12-56(7,8)37-30-43(57(9,10)13-2)49-47(31-37)61-53(72-49)36(33-59)29-35-22-24-40(28-34(35)3)64(39-18-14-15-19-39)54(67)73-50(51(65)55(4,5)6)52(66)60-46-32-38(23-25-44(46)58)62-75(70,71)48-27-26-45(63-74(11,68)69)41-20-16-17-21-42(41)48;1-29-13-22-43-42(23-29)52-47(61-43)35(28-50)27-33-15-18-37(24-30(33)2)54(36-10-6-7-11-36)48(57)62-45(44(55)32-16-19-38(60-3)20-17-32)46(56)51-41-26-31(14-21-39(41)49)25-34-9-5-8-12-40(34)53-63(4,58)59/h16-17,20-32,39,50,62-63H,12-15,18-19H2,1-11H3,(H,60,66);5,8-9,12-24,26-27,36,45,53H,6-7,10-11,25H2,1-4H3,(H,51,56)/b36-29+;35-27+. The van der Waals surface area contributed by atoms with Crippen molar-refractivity contribution < 1.29 is 77.1 Å². The monoisotopic (exact) mass is 1960 g/mol. The number of oxazole rings is 2. The highest BCUT2D eigenvalue weighted by Gasteiger charge is 2.43. The first-order chi connectivity index (χ1) is 65.3. The molecule has 28 nitrogen and oxygen atoms in total. The van der Waals surface area contributed by atoms with Crippen molar-refractivity contribution in [3.63, 3.8) is 0 Å². The van der Waals surface area contributed by atoms with Crippen LogP contribution in [0.15, 0.2) is 202 Å². The number of aromatic nitrogens is 2. The van der Waals surface area contributed by atoms with Gasteiger partial charge in [-0.15, -0.1) is 0 Å². The van der Waals surface area contributed by atoms with E-state index in [9.17, 15) is 64.5 Å². The van der Waals surface area contributed by atoms with Crippen molar-refractivity contribution in [1.82, 2.24) is 9.97 Å². The molecule has 2 saturated carbocycles. The van der Waals surface area contributed by atoms with Crippen molar-refractivity contribution in [2.24, 2.45) is 5.41 Å². The lowest BCUT2D eigenvalue weighted by atomic mass is 9.76. The molecule has 33 heteroatoms. The summed E-state index contributed by atoms with van der Waals surface area (Å²) in [6, 6.07) is 55.2. The molecule has 2 heterocycles. The summed E-state index contributed by atoms with van der Waals surface area (Å²) in [5.74, 6) is -2.59. The molecule has 0 bridgehead atoms. The minimum atomic E-state index is -4.35. The second-order valence-electron chi connectivity index (χ2n) is 37.0. The molecule has 718 valence electrons. The van der Waals surface area contributed by atoms with Crippen molar-refractivity contribution in [3.05, 3.63) is 266 Å². The third kappa shape index (κ3) is 24.1. The number of carbonyl (C=O) groups is 6. The Morgan fingerprint density at radius 2 is 1.07 bits per heavy atom. The number of ether oxygens (including phenoxy) is 3. The number of carbonyl (C=O) groups excluding carboxylic acids is 6. The number of methoxy groups -OCH3 is 1. The van der Waals surface area contributed by atoms with E-state index in [2.05, 4.69) is 89.5 Å². The van der Waals surface area contributed by atoms with Crippen LogP contribution in [0.3, 0.4) is 0 Å². The van der Waals surface area contributed by atoms with E-state index in [1.807, 2.05) is 45.0 Å². The van der Waals surface area contributed by atoms with Gasteiger partial charge in [-0.05, 0) is 248 Å². The number of anilines is 7. The molecule has 0 spiro atoms. The van der Waals surface area contributed by atoms with Gasteiger partial charge < -0.3 is 33.7 Å². The highest BCUT2D eigenvalue weighted by atomic mass is 35.5. The van der Waals surface area contributed by atoms with Crippen LogP contribution in [-0.4, -0.2) is 115 Å². The molecule has 12 aromatic rings. The summed E-state index contributed by atoms with van der Waals surface area (Å²) in [6.07, 6.45) is 7.75. The highest BCUT2D eigenvalue weighted by Crippen LogP contribution is 2.43. The summed E-state index contributed by atoms with van der Waals surface area (Å²) in [6.45, 7) is 23.5. The number of halogens is 2. The molecule has 0 aliphatic heterocycles. The molecular weight excluding hydrogens is 1850 g/mol. The Balaban J connectivity index is 0.000000236.